The van der Waals surface area contributed by atoms with Crippen LogP contribution in [-0.2, 0) is 33.5 Å². The van der Waals surface area contributed by atoms with E-state index in [2.05, 4.69) is 4.31 Å². The molecule has 0 N–H and O–H groups in total. The molecule has 0 rings (SSSR count). The first-order valence-electron chi connectivity index (χ1n) is 1.46. The Labute approximate surface area is 92.3 Å². The monoisotopic (exact) mass is 393 g/mol. The molecule has 0 saturated carbocycles. The topological polar surface area (TPSA) is 136 Å². The van der Waals surface area contributed by atoms with Crippen LogP contribution in [0.25, 0.3) is 0 Å². The third-order valence-electron chi connectivity index (χ3n) is 0.200. The summed E-state index contributed by atoms with van der Waals surface area (Å²) in [4.78, 5) is 37.3. The Kier molecular flexibility index (Phi) is 10.4. The first-order chi connectivity index (χ1) is 3.71. The van der Waals surface area contributed by atoms with Crippen LogP contribution < -0.4 is 19.6 Å². The largest absolute Gasteiger partial charge is 2.00 e. The van der Waals surface area contributed by atoms with Crippen molar-refractivity contribution in [3.8, 4) is 0 Å². The van der Waals surface area contributed by atoms with E-state index in [1.54, 1.807) is 0 Å². The maximum Gasteiger partial charge on any atom is 2.00 e. The average Bonchev–Trinajstić information content (AvgIpc) is 1.14. The van der Waals surface area contributed by atoms with E-state index in [1.807, 2.05) is 0 Å². The minimum atomic E-state index is -5.68. The smallest absolute Gasteiger partial charge is 0.790 e. The molecule has 0 aromatic rings. The molecule has 11 heteroatoms. The second-order valence-electron chi connectivity index (χ2n) is 0.976. The van der Waals surface area contributed by atoms with Crippen molar-refractivity contribution in [1.82, 2.24) is 0 Å². The van der Waals surface area contributed by atoms with Gasteiger partial charge in [-0.2, -0.15) is 0 Å². The summed E-state index contributed by atoms with van der Waals surface area (Å²) < 4.78 is 21.2. The minimum Gasteiger partial charge on any atom is -0.790 e. The van der Waals surface area contributed by atoms with Gasteiger partial charge in [0.25, 0.3) is 0 Å². The van der Waals surface area contributed by atoms with Gasteiger partial charge in [0.15, 0.2) is 0 Å². The van der Waals surface area contributed by atoms with Crippen molar-refractivity contribution < 1.29 is 53.1 Å². The van der Waals surface area contributed by atoms with Crippen molar-refractivity contribution in [2.24, 2.45) is 0 Å². The molecule has 0 aromatic heterocycles. The molecule has 0 spiro atoms. The zero-order chi connectivity index (χ0) is 7.71. The van der Waals surface area contributed by atoms with Crippen LogP contribution in [0, 0.1) is 0 Å². The van der Waals surface area contributed by atoms with Crippen LogP contribution >= 0.6 is 15.6 Å². The molecule has 0 bridgehead atoms. The zero-order valence-corrected chi connectivity index (χ0v) is 11.1. The minimum absolute atomic E-state index is 0. The molecule has 3 radical (unpaired) electrons. The van der Waals surface area contributed by atoms with Gasteiger partial charge in [0.05, 0.1) is 15.6 Å². The van der Waals surface area contributed by atoms with Crippen LogP contribution in [0.1, 0.15) is 0 Å². The molecule has 11 heavy (non-hydrogen) atoms. The molecule has 0 aliphatic carbocycles. The Balaban J connectivity index is -0.000000320. The first-order valence-corrected chi connectivity index (χ1v) is 4.38. The third-order valence-corrected chi connectivity index (χ3v) is 1.80. The number of phosphoric acid groups is 2. The Hall–Kier alpha value is 1.71. The van der Waals surface area contributed by atoms with Crippen LogP contribution in [0.15, 0.2) is 0 Å². The first kappa shape index (κ1) is 18.5. The van der Waals surface area contributed by atoms with Crippen LogP contribution in [-0.4, -0.2) is 23.9 Å². The zero-order valence-electron chi connectivity index (χ0n) is 4.63. The average molecular weight is 392 g/mol. The third kappa shape index (κ3) is 18.6. The Morgan fingerprint density at radius 2 is 1.09 bits per heavy atom. The Bertz CT molecular complexity index is 157. The molecule has 0 aliphatic rings. The summed E-state index contributed by atoms with van der Waals surface area (Å²) in [6, 6.07) is 0. The van der Waals surface area contributed by atoms with E-state index in [0.717, 1.165) is 0 Å². The van der Waals surface area contributed by atoms with Crippen LogP contribution in [0.5, 0.6) is 0 Å². The summed E-state index contributed by atoms with van der Waals surface area (Å²) in [6.07, 6.45) is 0. The fourth-order valence-corrected chi connectivity index (χ4v) is 1.10. The quantitative estimate of drug-likeness (QED) is 0.349. The molecule has 0 saturated heterocycles. The van der Waals surface area contributed by atoms with Crippen molar-refractivity contribution in [3.05, 3.63) is 0 Å². The normalized spacial score (nSPS) is 11.3. The van der Waals surface area contributed by atoms with Gasteiger partial charge in [-0.15, -0.1) is 0 Å². The van der Waals surface area contributed by atoms with E-state index in [9.17, 15) is 28.7 Å². The summed E-state index contributed by atoms with van der Waals surface area (Å²) >= 11 is 0. The summed E-state index contributed by atoms with van der Waals surface area (Å²) in [6.45, 7) is 0. The van der Waals surface area contributed by atoms with E-state index in [-0.39, 0.29) is 44.0 Å². The Morgan fingerprint density at radius 3 is 1.09 bits per heavy atom. The standard InChI is InChI=1S/H4O7P2.Sn.Tc/c1-8(2,3)7-9(4,5)6;;/h(H2,1,2,3)(H2,4,5,6);;/q;+2;/p-4/i;;1+1. The summed E-state index contributed by atoms with van der Waals surface area (Å²) in [5.74, 6) is 0. The fraction of sp³-hybridized carbons (Fsp3) is 0. The maximum atomic E-state index is 9.32. The van der Waals surface area contributed by atoms with Gasteiger partial charge in [-0.3, -0.25) is 0 Å². The van der Waals surface area contributed by atoms with E-state index >= 15 is 0 Å². The van der Waals surface area contributed by atoms with Gasteiger partial charge in [0.2, 0.25) is 0 Å². The van der Waals surface area contributed by atoms with E-state index in [4.69, 9.17) is 0 Å². The summed E-state index contributed by atoms with van der Waals surface area (Å²) in [5, 5.41) is 0. The van der Waals surface area contributed by atoms with Crippen molar-refractivity contribution >= 4 is 39.6 Å². The van der Waals surface area contributed by atoms with E-state index < -0.39 is 15.6 Å². The molecular weight excluding hydrogens is 392 g/mol. The number of hydrogen-bond donors (Lipinski definition) is 0. The second kappa shape index (κ2) is 6.21. The van der Waals surface area contributed by atoms with Crippen LogP contribution in [0.2, 0.25) is 0 Å². The van der Waals surface area contributed by atoms with Crippen molar-refractivity contribution in [3.63, 3.8) is 0 Å². The molecule has 65 valence electrons. The predicted octanol–water partition coefficient (Wildman–Crippen LogP) is -3.72. The molecule has 0 aromatic carbocycles. The van der Waals surface area contributed by atoms with Crippen LogP contribution in [0.3, 0.4) is 0 Å². The van der Waals surface area contributed by atoms with E-state index in [0.29, 0.717) is 0 Å². The molecular formula is O7P2SnTc-2. The number of rotatable bonds is 2. The molecule has 0 unspecified atom stereocenters. The SMILES string of the molecule is O=P([O-])([O-])OP(=O)([O-])[O-].[99Tc].[Sn+2]. The van der Waals surface area contributed by atoms with Gasteiger partial charge in [-0.05, 0) is 0 Å². The molecule has 0 amide bonds. The van der Waals surface area contributed by atoms with Gasteiger partial charge in [0.1, 0.15) is 0 Å². The fourth-order valence-electron chi connectivity index (χ4n) is 0.122. The molecule has 0 aliphatic heterocycles. The summed E-state index contributed by atoms with van der Waals surface area (Å²) in [7, 11) is -11.4. The van der Waals surface area contributed by atoms with Gasteiger partial charge in [-0.1, -0.05) is 0 Å². The second-order valence-corrected chi connectivity index (χ2v) is 3.42. The molecule has 0 fully saturated rings. The van der Waals surface area contributed by atoms with Crippen molar-refractivity contribution in [2.45, 2.75) is 0 Å². The molecule has 7 nitrogen and oxygen atoms in total. The van der Waals surface area contributed by atoms with Crippen LogP contribution in [0.4, 0.5) is 0 Å². The predicted molar refractivity (Wildman–Crippen MR) is 22.1 cm³/mol. The van der Waals surface area contributed by atoms with Gasteiger partial charge >= 0.3 is 23.9 Å². The van der Waals surface area contributed by atoms with Crippen molar-refractivity contribution in [1.29, 1.82) is 0 Å². The van der Waals surface area contributed by atoms with E-state index in [1.165, 1.54) is 0 Å². The Morgan fingerprint density at radius 1 is 0.909 bits per heavy atom. The maximum absolute atomic E-state index is 9.32. The number of hydrogen-bond acceptors (Lipinski definition) is 7. The van der Waals surface area contributed by atoms with Gasteiger partial charge in [-0.25, -0.2) is 0 Å². The molecule has 0 heterocycles. The van der Waals surface area contributed by atoms with Gasteiger partial charge < -0.3 is 33.0 Å². The van der Waals surface area contributed by atoms with Crippen molar-refractivity contribution in [2.75, 3.05) is 0 Å². The van der Waals surface area contributed by atoms with Gasteiger partial charge in [0, 0.05) is 20.1 Å². The summed E-state index contributed by atoms with van der Waals surface area (Å²) in [5.41, 5.74) is 0. The molecule has 0 atom stereocenters.